The van der Waals surface area contributed by atoms with Crippen LogP contribution in [0.25, 0.3) is 54.6 Å². The molecule has 0 spiro atoms. The highest BCUT2D eigenvalue weighted by molar-refractivity contribution is 6.24. The Labute approximate surface area is 229 Å². The van der Waals surface area contributed by atoms with Crippen LogP contribution in [0.15, 0.2) is 120 Å². The van der Waals surface area contributed by atoms with Crippen LogP contribution in [0.1, 0.15) is 33.3 Å². The molecule has 0 atom stereocenters. The minimum atomic E-state index is -0.373. The molecule has 6 aromatic rings. The van der Waals surface area contributed by atoms with Gasteiger partial charge >= 0.3 is 0 Å². The summed E-state index contributed by atoms with van der Waals surface area (Å²) in [4.78, 5) is 5.04. The molecule has 0 saturated carbocycles. The van der Waals surface area contributed by atoms with E-state index < -0.39 is 0 Å². The van der Waals surface area contributed by atoms with E-state index in [1.807, 2.05) is 0 Å². The Morgan fingerprint density at radius 3 is 1.41 bits per heavy atom. The molecule has 1 heterocycles. The highest BCUT2D eigenvalue weighted by atomic mass is 16.5. The molecule has 39 heavy (non-hydrogen) atoms. The molecular weight excluding hydrogens is 474 g/mol. The van der Waals surface area contributed by atoms with Gasteiger partial charge in [0.05, 0.1) is 5.54 Å². The summed E-state index contributed by atoms with van der Waals surface area (Å²) in [6, 6.07) is 41.5. The van der Waals surface area contributed by atoms with Crippen molar-refractivity contribution in [2.45, 2.75) is 38.8 Å². The largest absolute Gasteiger partial charge is 0.469 e. The Bertz CT molecular complexity index is 1870. The number of nitrogens with zero attached hydrogens (tertiary/aromatic N) is 1. The lowest BCUT2D eigenvalue weighted by atomic mass is 9.84. The third-order valence-electron chi connectivity index (χ3n) is 8.62. The van der Waals surface area contributed by atoms with Crippen molar-refractivity contribution in [1.29, 1.82) is 0 Å². The lowest BCUT2D eigenvalue weighted by molar-refractivity contribution is 0.0620. The molecule has 2 nitrogen and oxygen atoms in total. The van der Waals surface area contributed by atoms with Crippen LogP contribution in [0.2, 0.25) is 0 Å². The summed E-state index contributed by atoms with van der Waals surface area (Å²) in [6.45, 7) is 8.52. The van der Waals surface area contributed by atoms with Crippen molar-refractivity contribution in [1.82, 2.24) is 0 Å². The van der Waals surface area contributed by atoms with Crippen LogP contribution in [0.4, 0.5) is 0 Å². The van der Waals surface area contributed by atoms with Gasteiger partial charge in [0.2, 0.25) is 5.90 Å². The van der Waals surface area contributed by atoms with Gasteiger partial charge in [-0.15, -0.1) is 0 Å². The molecule has 6 aromatic carbocycles. The first-order chi connectivity index (χ1) is 18.9. The van der Waals surface area contributed by atoms with Gasteiger partial charge in [-0.3, -0.25) is 0 Å². The first kappa shape index (κ1) is 23.7. The Morgan fingerprint density at radius 2 is 0.897 bits per heavy atom. The number of benzene rings is 6. The standard InChI is InChI=1S/C37H31NO/c1-36(2)37(3,4)39-35(38-36)32-23-22-31(25-16-8-9-17-26(25)32)34-29-20-12-10-18-27(29)33(24-14-6-5-7-15-24)28-19-11-13-21-30(28)34/h5-23H,1-4H3. The van der Waals surface area contributed by atoms with Crippen LogP contribution < -0.4 is 0 Å². The fourth-order valence-corrected chi connectivity index (χ4v) is 5.93. The predicted molar refractivity (Wildman–Crippen MR) is 166 cm³/mol. The molecule has 0 N–H and O–H groups in total. The molecule has 0 unspecified atom stereocenters. The van der Waals surface area contributed by atoms with Crippen LogP contribution in [0, 0.1) is 0 Å². The van der Waals surface area contributed by atoms with Crippen molar-refractivity contribution < 1.29 is 4.74 Å². The summed E-state index contributed by atoms with van der Waals surface area (Å²) >= 11 is 0. The normalized spacial score (nSPS) is 15.9. The van der Waals surface area contributed by atoms with Crippen molar-refractivity contribution in [3.8, 4) is 22.3 Å². The Hall–Kier alpha value is -4.43. The number of hydrogen-bond donors (Lipinski definition) is 0. The first-order valence-electron chi connectivity index (χ1n) is 13.7. The van der Waals surface area contributed by atoms with Gasteiger partial charge in [-0.25, -0.2) is 4.99 Å². The maximum atomic E-state index is 6.46. The van der Waals surface area contributed by atoms with Crippen LogP contribution in [-0.4, -0.2) is 17.0 Å². The lowest BCUT2D eigenvalue weighted by Crippen LogP contribution is -2.41. The summed E-state index contributed by atoms with van der Waals surface area (Å²) in [7, 11) is 0. The van der Waals surface area contributed by atoms with Crippen molar-refractivity contribution >= 4 is 38.2 Å². The molecule has 0 aliphatic carbocycles. The van der Waals surface area contributed by atoms with Crippen LogP contribution in [0.3, 0.4) is 0 Å². The van der Waals surface area contributed by atoms with Crippen LogP contribution in [-0.2, 0) is 4.74 Å². The number of hydrogen-bond acceptors (Lipinski definition) is 2. The van der Waals surface area contributed by atoms with E-state index in [1.54, 1.807) is 0 Å². The van der Waals surface area contributed by atoms with E-state index in [4.69, 9.17) is 9.73 Å². The van der Waals surface area contributed by atoms with Crippen molar-refractivity contribution in [3.63, 3.8) is 0 Å². The summed E-state index contributed by atoms with van der Waals surface area (Å²) in [5, 5.41) is 7.39. The first-order valence-corrected chi connectivity index (χ1v) is 13.7. The Balaban J connectivity index is 1.56. The molecular formula is C37H31NO. The fourth-order valence-electron chi connectivity index (χ4n) is 5.93. The minimum Gasteiger partial charge on any atom is -0.469 e. The van der Waals surface area contributed by atoms with Gasteiger partial charge < -0.3 is 4.74 Å². The second-order valence-electron chi connectivity index (χ2n) is 11.5. The third-order valence-corrected chi connectivity index (χ3v) is 8.62. The molecule has 2 heteroatoms. The minimum absolute atomic E-state index is 0.304. The molecule has 1 aliphatic rings. The second kappa shape index (κ2) is 8.54. The fraction of sp³-hybridized carbons (Fsp3) is 0.162. The highest BCUT2D eigenvalue weighted by Crippen LogP contribution is 2.46. The van der Waals surface area contributed by atoms with E-state index in [2.05, 4.69) is 143 Å². The van der Waals surface area contributed by atoms with Crippen molar-refractivity contribution in [2.24, 2.45) is 4.99 Å². The van der Waals surface area contributed by atoms with Gasteiger partial charge in [-0.05, 0) is 88.3 Å². The van der Waals surface area contributed by atoms with Crippen molar-refractivity contribution in [2.75, 3.05) is 0 Å². The van der Waals surface area contributed by atoms with Gasteiger partial charge in [0.1, 0.15) is 5.60 Å². The average molecular weight is 506 g/mol. The SMILES string of the molecule is CC1(C)N=C(c2ccc(-c3c4ccccc4c(-c4ccccc4)c4ccccc34)c3ccccc23)OC1(C)C. The van der Waals surface area contributed by atoms with Crippen LogP contribution in [0.5, 0.6) is 0 Å². The number of ether oxygens (including phenoxy) is 1. The zero-order chi connectivity index (χ0) is 26.8. The number of rotatable bonds is 3. The lowest BCUT2D eigenvalue weighted by Gasteiger charge is -2.30. The van der Waals surface area contributed by atoms with E-state index in [1.165, 1.54) is 49.2 Å². The summed E-state index contributed by atoms with van der Waals surface area (Å²) < 4.78 is 6.46. The summed E-state index contributed by atoms with van der Waals surface area (Å²) in [5.74, 6) is 0.724. The maximum absolute atomic E-state index is 6.46. The zero-order valence-electron chi connectivity index (χ0n) is 22.8. The molecule has 1 aliphatic heterocycles. The second-order valence-corrected chi connectivity index (χ2v) is 11.5. The topological polar surface area (TPSA) is 21.6 Å². The van der Waals surface area contributed by atoms with E-state index in [-0.39, 0.29) is 11.1 Å². The van der Waals surface area contributed by atoms with Gasteiger partial charge in [0, 0.05) is 5.56 Å². The van der Waals surface area contributed by atoms with E-state index in [9.17, 15) is 0 Å². The van der Waals surface area contributed by atoms with E-state index in [0.717, 1.165) is 16.8 Å². The van der Waals surface area contributed by atoms with Gasteiger partial charge in [-0.2, -0.15) is 0 Å². The van der Waals surface area contributed by atoms with Crippen molar-refractivity contribution in [3.05, 3.63) is 121 Å². The smallest absolute Gasteiger partial charge is 0.218 e. The molecule has 0 fully saturated rings. The number of fused-ring (bicyclic) bond motifs is 3. The zero-order valence-corrected chi connectivity index (χ0v) is 22.8. The molecule has 0 aromatic heterocycles. The van der Waals surface area contributed by atoms with E-state index >= 15 is 0 Å². The summed E-state index contributed by atoms with van der Waals surface area (Å²) in [5.41, 5.74) is 5.37. The third kappa shape index (κ3) is 3.59. The summed E-state index contributed by atoms with van der Waals surface area (Å²) in [6.07, 6.45) is 0. The molecule has 7 rings (SSSR count). The molecule has 0 saturated heterocycles. The Kier molecular flexibility index (Phi) is 5.18. The molecule has 0 amide bonds. The maximum Gasteiger partial charge on any atom is 0.218 e. The monoisotopic (exact) mass is 505 g/mol. The average Bonchev–Trinajstić information content (AvgIpc) is 3.17. The Morgan fingerprint density at radius 1 is 0.462 bits per heavy atom. The van der Waals surface area contributed by atoms with Gasteiger partial charge in [0.25, 0.3) is 0 Å². The molecule has 190 valence electrons. The highest BCUT2D eigenvalue weighted by Gasteiger charge is 2.45. The van der Waals surface area contributed by atoms with E-state index in [0.29, 0.717) is 0 Å². The molecule has 0 bridgehead atoms. The predicted octanol–water partition coefficient (Wildman–Crippen LogP) is 9.81. The molecule has 0 radical (unpaired) electrons. The van der Waals surface area contributed by atoms with Gasteiger partial charge in [-0.1, -0.05) is 109 Å². The van der Waals surface area contributed by atoms with Gasteiger partial charge in [0.15, 0.2) is 0 Å². The quantitative estimate of drug-likeness (QED) is 0.219. The number of aliphatic imine (C=N–C) groups is 1. The van der Waals surface area contributed by atoms with Crippen LogP contribution >= 0.6 is 0 Å².